The predicted octanol–water partition coefficient (Wildman–Crippen LogP) is 1.81. The molecule has 27 heavy (non-hydrogen) atoms. The van der Waals surface area contributed by atoms with Gasteiger partial charge in [0.25, 0.3) is 0 Å². The number of amides is 1. The summed E-state index contributed by atoms with van der Waals surface area (Å²) in [4.78, 5) is 15.0. The van der Waals surface area contributed by atoms with Gasteiger partial charge in [0.05, 0.1) is 31.6 Å². The lowest BCUT2D eigenvalue weighted by molar-refractivity contribution is 0.129. The molecule has 1 aromatic heterocycles. The Hall–Kier alpha value is -2.75. The molecule has 0 saturated carbocycles. The van der Waals surface area contributed by atoms with Crippen LogP contribution in [0.3, 0.4) is 0 Å². The third-order valence-corrected chi connectivity index (χ3v) is 4.59. The first kappa shape index (κ1) is 17.7. The maximum absolute atomic E-state index is 14.7. The zero-order chi connectivity index (χ0) is 18.8. The first-order chi connectivity index (χ1) is 13.1. The molecule has 2 aromatic rings. The molecule has 4 rings (SSSR count). The predicted molar refractivity (Wildman–Crippen MR) is 91.6 cm³/mol. The van der Waals surface area contributed by atoms with E-state index in [1.54, 1.807) is 11.1 Å². The Morgan fingerprint density at radius 3 is 2.74 bits per heavy atom. The summed E-state index contributed by atoms with van der Waals surface area (Å²) in [6, 6.07) is 2.34. The number of ether oxygens (including phenoxy) is 2. The normalized spacial score (nSPS) is 20.7. The molecular formula is C17H19F2N5O3. The van der Waals surface area contributed by atoms with Crippen molar-refractivity contribution in [1.29, 1.82) is 0 Å². The highest BCUT2D eigenvalue weighted by Gasteiger charge is 2.34. The quantitative estimate of drug-likeness (QED) is 0.807. The summed E-state index contributed by atoms with van der Waals surface area (Å²) in [7, 11) is 0. The molecule has 0 N–H and O–H groups in total. The Bertz CT molecular complexity index is 786. The van der Waals surface area contributed by atoms with Crippen LogP contribution in [0.2, 0.25) is 0 Å². The molecule has 0 bridgehead atoms. The number of hydrogen-bond donors (Lipinski definition) is 0. The molecule has 144 valence electrons. The van der Waals surface area contributed by atoms with E-state index < -0.39 is 23.8 Å². The molecule has 1 unspecified atom stereocenters. The molecule has 10 heteroatoms. The minimum atomic E-state index is -0.709. The van der Waals surface area contributed by atoms with E-state index in [2.05, 4.69) is 10.3 Å². The third kappa shape index (κ3) is 3.70. The van der Waals surface area contributed by atoms with Gasteiger partial charge in [-0.1, -0.05) is 5.21 Å². The number of carbonyl (C=O) groups excluding carboxylic acids is 1. The SMILES string of the molecule is O=C1OC(Cn2ccnn2)CN1c1cc(F)c(N2CCCOCC2)c(F)c1. The fourth-order valence-corrected chi connectivity index (χ4v) is 3.35. The van der Waals surface area contributed by atoms with Gasteiger partial charge in [-0.05, 0) is 6.42 Å². The van der Waals surface area contributed by atoms with Crippen molar-refractivity contribution in [3.8, 4) is 0 Å². The molecule has 1 aromatic carbocycles. The van der Waals surface area contributed by atoms with Crippen LogP contribution in [0.15, 0.2) is 24.5 Å². The van der Waals surface area contributed by atoms with Crippen LogP contribution in [0.4, 0.5) is 25.0 Å². The van der Waals surface area contributed by atoms with Gasteiger partial charge in [-0.25, -0.2) is 18.3 Å². The number of aromatic nitrogens is 3. The summed E-state index contributed by atoms with van der Waals surface area (Å²) in [6.07, 6.45) is 2.74. The summed E-state index contributed by atoms with van der Waals surface area (Å²) in [5.74, 6) is -1.42. The molecule has 0 radical (unpaired) electrons. The number of hydrogen-bond acceptors (Lipinski definition) is 6. The lowest BCUT2D eigenvalue weighted by Gasteiger charge is -2.24. The van der Waals surface area contributed by atoms with E-state index in [0.29, 0.717) is 39.3 Å². The summed E-state index contributed by atoms with van der Waals surface area (Å²) < 4.78 is 41.5. The van der Waals surface area contributed by atoms with Crippen molar-refractivity contribution in [3.63, 3.8) is 0 Å². The van der Waals surface area contributed by atoms with Crippen molar-refractivity contribution in [2.24, 2.45) is 0 Å². The largest absolute Gasteiger partial charge is 0.442 e. The molecule has 8 nitrogen and oxygen atoms in total. The number of nitrogens with zero attached hydrogens (tertiary/aromatic N) is 5. The number of benzene rings is 1. The first-order valence-electron chi connectivity index (χ1n) is 8.76. The van der Waals surface area contributed by atoms with E-state index in [0.717, 1.165) is 0 Å². The summed E-state index contributed by atoms with van der Waals surface area (Å²) in [5.41, 5.74) is 0.0434. The minimum Gasteiger partial charge on any atom is -0.442 e. The molecule has 2 fully saturated rings. The Kier molecular flexibility index (Phi) is 4.88. The molecular weight excluding hydrogens is 360 g/mol. The van der Waals surface area contributed by atoms with Crippen molar-refractivity contribution >= 4 is 17.5 Å². The van der Waals surface area contributed by atoms with Crippen LogP contribution in [-0.2, 0) is 16.0 Å². The number of cyclic esters (lactones) is 1. The van der Waals surface area contributed by atoms with Gasteiger partial charge in [-0.3, -0.25) is 4.90 Å². The highest BCUT2D eigenvalue weighted by Crippen LogP contribution is 2.31. The maximum atomic E-state index is 14.7. The third-order valence-electron chi connectivity index (χ3n) is 4.59. The van der Waals surface area contributed by atoms with Gasteiger partial charge in [0.1, 0.15) is 11.8 Å². The molecule has 3 heterocycles. The highest BCUT2D eigenvalue weighted by atomic mass is 19.1. The van der Waals surface area contributed by atoms with Gasteiger partial charge in [0.15, 0.2) is 11.6 Å². The van der Waals surface area contributed by atoms with Crippen molar-refractivity contribution in [3.05, 3.63) is 36.2 Å². The Labute approximate surface area is 154 Å². The standard InChI is InChI=1S/C17H19F2N5O3/c18-14-8-12(9-15(19)16(14)22-3-1-6-26-7-5-22)24-11-13(27-17(24)25)10-23-4-2-20-21-23/h2,4,8-9,13H,1,3,5-7,10-11H2. The van der Waals surface area contributed by atoms with E-state index >= 15 is 0 Å². The van der Waals surface area contributed by atoms with Gasteiger partial charge >= 0.3 is 6.09 Å². The molecule has 2 aliphatic rings. The lowest BCUT2D eigenvalue weighted by atomic mass is 10.2. The monoisotopic (exact) mass is 379 g/mol. The minimum absolute atomic E-state index is 0.0871. The number of carbonyl (C=O) groups is 1. The van der Waals surface area contributed by atoms with Gasteiger partial charge in [-0.2, -0.15) is 0 Å². The van der Waals surface area contributed by atoms with Gasteiger partial charge < -0.3 is 14.4 Å². The summed E-state index contributed by atoms with van der Waals surface area (Å²) in [5, 5.41) is 7.51. The molecule has 0 aliphatic carbocycles. The maximum Gasteiger partial charge on any atom is 0.414 e. The van der Waals surface area contributed by atoms with Crippen LogP contribution < -0.4 is 9.80 Å². The van der Waals surface area contributed by atoms with Crippen molar-refractivity contribution < 1.29 is 23.0 Å². The topological polar surface area (TPSA) is 72.7 Å². The Morgan fingerprint density at radius 2 is 2.00 bits per heavy atom. The van der Waals surface area contributed by atoms with Gasteiger partial charge in [0.2, 0.25) is 0 Å². The molecule has 2 saturated heterocycles. The number of anilines is 2. The Morgan fingerprint density at radius 1 is 1.19 bits per heavy atom. The van der Waals surface area contributed by atoms with Crippen LogP contribution in [0, 0.1) is 11.6 Å². The molecule has 0 spiro atoms. The second kappa shape index (κ2) is 7.47. The average Bonchev–Trinajstić information content (AvgIpc) is 3.18. The first-order valence-corrected chi connectivity index (χ1v) is 8.76. The summed E-state index contributed by atoms with van der Waals surface area (Å²) >= 11 is 0. The zero-order valence-electron chi connectivity index (χ0n) is 14.6. The van der Waals surface area contributed by atoms with E-state index in [-0.39, 0.29) is 17.9 Å². The van der Waals surface area contributed by atoms with Crippen LogP contribution in [0.1, 0.15) is 6.42 Å². The molecule has 1 atom stereocenters. The van der Waals surface area contributed by atoms with Crippen molar-refractivity contribution in [1.82, 2.24) is 15.0 Å². The van der Waals surface area contributed by atoms with E-state index in [9.17, 15) is 13.6 Å². The molecule has 2 aliphatic heterocycles. The van der Waals surface area contributed by atoms with Crippen molar-refractivity contribution in [2.45, 2.75) is 19.1 Å². The Balaban J connectivity index is 1.53. The smallest absolute Gasteiger partial charge is 0.414 e. The number of rotatable bonds is 4. The van der Waals surface area contributed by atoms with E-state index in [1.807, 2.05) is 0 Å². The van der Waals surface area contributed by atoms with Crippen LogP contribution >= 0.6 is 0 Å². The van der Waals surface area contributed by atoms with E-state index in [4.69, 9.17) is 9.47 Å². The second-order valence-corrected chi connectivity index (χ2v) is 6.45. The number of halogens is 2. The fraction of sp³-hybridized carbons (Fsp3) is 0.471. The lowest BCUT2D eigenvalue weighted by Crippen LogP contribution is -2.29. The second-order valence-electron chi connectivity index (χ2n) is 6.45. The average molecular weight is 379 g/mol. The zero-order valence-corrected chi connectivity index (χ0v) is 14.6. The fourth-order valence-electron chi connectivity index (χ4n) is 3.35. The van der Waals surface area contributed by atoms with Gasteiger partial charge in [-0.15, -0.1) is 5.10 Å². The van der Waals surface area contributed by atoms with Crippen LogP contribution in [-0.4, -0.2) is 60.0 Å². The summed E-state index contributed by atoms with van der Waals surface area (Å²) in [6.45, 7) is 2.42. The molecule has 1 amide bonds. The van der Waals surface area contributed by atoms with Crippen LogP contribution in [0.5, 0.6) is 0 Å². The van der Waals surface area contributed by atoms with Crippen LogP contribution in [0.25, 0.3) is 0 Å². The highest BCUT2D eigenvalue weighted by molar-refractivity contribution is 5.90. The van der Waals surface area contributed by atoms with Gasteiger partial charge in [0, 0.05) is 38.0 Å². The van der Waals surface area contributed by atoms with Crippen molar-refractivity contribution in [2.75, 3.05) is 42.6 Å². The van der Waals surface area contributed by atoms with E-state index in [1.165, 1.54) is 27.9 Å².